The highest BCUT2D eigenvalue weighted by atomic mass is 32.2. The van der Waals surface area contributed by atoms with Crippen molar-refractivity contribution in [3.05, 3.63) is 29.8 Å². The smallest absolute Gasteiger partial charge is 0.303 e. The molecule has 1 heterocycles. The van der Waals surface area contributed by atoms with Gasteiger partial charge in [0.1, 0.15) is 11.9 Å². The van der Waals surface area contributed by atoms with Gasteiger partial charge in [0.2, 0.25) is 0 Å². The molecule has 1 aromatic carbocycles. The maximum Gasteiger partial charge on any atom is 0.303 e. The van der Waals surface area contributed by atoms with Crippen LogP contribution in [-0.2, 0) is 11.2 Å². The molecule has 0 bridgehead atoms. The van der Waals surface area contributed by atoms with Gasteiger partial charge in [-0.05, 0) is 30.5 Å². The molecule has 1 aromatic rings. The number of ether oxygens (including phenoxy) is 1. The second kappa shape index (κ2) is 5.96. The molecule has 0 aromatic heterocycles. The first-order valence-corrected chi connectivity index (χ1v) is 6.94. The number of carboxylic acid groups (broad SMARTS) is 1. The van der Waals surface area contributed by atoms with Crippen LogP contribution in [0.3, 0.4) is 0 Å². The van der Waals surface area contributed by atoms with Gasteiger partial charge >= 0.3 is 5.97 Å². The fourth-order valence-corrected chi connectivity index (χ4v) is 2.26. The Hall–Kier alpha value is -1.16. The monoisotopic (exact) mass is 252 g/mol. The van der Waals surface area contributed by atoms with E-state index in [2.05, 4.69) is 0 Å². The first-order chi connectivity index (χ1) is 8.24. The molecule has 1 saturated heterocycles. The van der Waals surface area contributed by atoms with Gasteiger partial charge in [0, 0.05) is 17.9 Å². The average Bonchev–Trinajstić information content (AvgIpc) is 2.24. The second-order valence-electron chi connectivity index (χ2n) is 4.17. The molecule has 0 amide bonds. The van der Waals surface area contributed by atoms with Crippen LogP contribution in [0, 0.1) is 0 Å². The SMILES string of the molecule is O=C(O)CCCc1cccc(OC2CSC2)c1. The molecule has 1 aliphatic heterocycles. The van der Waals surface area contributed by atoms with Crippen LogP contribution in [0.2, 0.25) is 0 Å². The van der Waals surface area contributed by atoms with Crippen molar-refractivity contribution in [3.8, 4) is 5.75 Å². The van der Waals surface area contributed by atoms with Gasteiger partial charge in [-0.2, -0.15) is 11.8 Å². The van der Waals surface area contributed by atoms with Gasteiger partial charge in [0.15, 0.2) is 0 Å². The summed E-state index contributed by atoms with van der Waals surface area (Å²) in [4.78, 5) is 10.4. The maximum atomic E-state index is 10.4. The number of rotatable bonds is 6. The summed E-state index contributed by atoms with van der Waals surface area (Å²) in [5.41, 5.74) is 1.15. The zero-order chi connectivity index (χ0) is 12.1. The Morgan fingerprint density at radius 3 is 2.94 bits per heavy atom. The fourth-order valence-electron chi connectivity index (χ4n) is 1.69. The molecule has 17 heavy (non-hydrogen) atoms. The zero-order valence-electron chi connectivity index (χ0n) is 9.59. The third-order valence-corrected chi connectivity index (χ3v) is 3.88. The summed E-state index contributed by atoms with van der Waals surface area (Å²) < 4.78 is 5.78. The number of aryl methyl sites for hydroxylation is 1. The lowest BCUT2D eigenvalue weighted by molar-refractivity contribution is -0.137. The van der Waals surface area contributed by atoms with E-state index in [4.69, 9.17) is 9.84 Å². The molecule has 1 fully saturated rings. The molecule has 4 heteroatoms. The van der Waals surface area contributed by atoms with Crippen molar-refractivity contribution in [1.82, 2.24) is 0 Å². The topological polar surface area (TPSA) is 46.5 Å². The maximum absolute atomic E-state index is 10.4. The van der Waals surface area contributed by atoms with Gasteiger partial charge in [-0.15, -0.1) is 0 Å². The summed E-state index contributed by atoms with van der Waals surface area (Å²) in [6.07, 6.45) is 2.06. The summed E-state index contributed by atoms with van der Waals surface area (Å²) in [5.74, 6) is 2.32. The summed E-state index contributed by atoms with van der Waals surface area (Å²) in [7, 11) is 0. The first-order valence-electron chi connectivity index (χ1n) is 5.79. The Labute approximate surface area is 105 Å². The minimum atomic E-state index is -0.733. The Morgan fingerprint density at radius 1 is 1.47 bits per heavy atom. The molecule has 0 unspecified atom stereocenters. The molecule has 92 valence electrons. The van der Waals surface area contributed by atoms with Crippen molar-refractivity contribution < 1.29 is 14.6 Å². The first kappa shape index (κ1) is 12.3. The van der Waals surface area contributed by atoms with Crippen molar-refractivity contribution >= 4 is 17.7 Å². The fraction of sp³-hybridized carbons (Fsp3) is 0.462. The Bertz CT molecular complexity index is 388. The summed E-state index contributed by atoms with van der Waals surface area (Å²) in [5, 5.41) is 8.58. The molecular formula is C13H16O3S. The largest absolute Gasteiger partial charge is 0.489 e. The van der Waals surface area contributed by atoms with Gasteiger partial charge in [0.25, 0.3) is 0 Å². The molecular weight excluding hydrogens is 236 g/mol. The van der Waals surface area contributed by atoms with E-state index >= 15 is 0 Å². The van der Waals surface area contributed by atoms with Crippen LogP contribution in [0.5, 0.6) is 5.75 Å². The van der Waals surface area contributed by atoms with Gasteiger partial charge in [-0.25, -0.2) is 0 Å². The van der Waals surface area contributed by atoms with Gasteiger partial charge in [-0.3, -0.25) is 4.79 Å². The molecule has 0 aliphatic carbocycles. The molecule has 0 atom stereocenters. The quantitative estimate of drug-likeness (QED) is 0.845. The summed E-state index contributed by atoms with van der Waals surface area (Å²) in [6, 6.07) is 7.97. The van der Waals surface area contributed by atoms with E-state index in [1.807, 2.05) is 36.0 Å². The minimum Gasteiger partial charge on any atom is -0.489 e. The Morgan fingerprint density at radius 2 is 2.29 bits per heavy atom. The second-order valence-corrected chi connectivity index (χ2v) is 5.25. The number of aliphatic carboxylic acids is 1. The van der Waals surface area contributed by atoms with Crippen LogP contribution >= 0.6 is 11.8 Å². The van der Waals surface area contributed by atoms with Crippen molar-refractivity contribution in [2.45, 2.75) is 25.4 Å². The third-order valence-electron chi connectivity index (χ3n) is 2.66. The molecule has 2 rings (SSSR count). The predicted molar refractivity (Wildman–Crippen MR) is 68.8 cm³/mol. The highest BCUT2D eigenvalue weighted by Gasteiger charge is 2.19. The van der Waals surface area contributed by atoms with Crippen molar-refractivity contribution in [1.29, 1.82) is 0 Å². The lowest BCUT2D eigenvalue weighted by Gasteiger charge is -2.26. The van der Waals surface area contributed by atoms with Crippen LogP contribution in [-0.4, -0.2) is 28.7 Å². The number of hydrogen-bond donors (Lipinski definition) is 1. The highest BCUT2D eigenvalue weighted by Crippen LogP contribution is 2.24. The number of hydrogen-bond acceptors (Lipinski definition) is 3. The normalized spacial score (nSPS) is 15.3. The van der Waals surface area contributed by atoms with Crippen molar-refractivity contribution in [2.24, 2.45) is 0 Å². The lowest BCUT2D eigenvalue weighted by Crippen LogP contribution is -2.31. The number of benzene rings is 1. The van der Waals surface area contributed by atoms with E-state index < -0.39 is 5.97 Å². The molecule has 1 aliphatic rings. The van der Waals surface area contributed by atoms with E-state index in [0.717, 1.165) is 29.2 Å². The Balaban J connectivity index is 1.84. The van der Waals surface area contributed by atoms with Gasteiger partial charge < -0.3 is 9.84 Å². The molecule has 0 saturated carbocycles. The van der Waals surface area contributed by atoms with E-state index in [1.165, 1.54) is 0 Å². The minimum absolute atomic E-state index is 0.227. The molecule has 1 N–H and O–H groups in total. The lowest BCUT2D eigenvalue weighted by atomic mass is 10.1. The Kier molecular flexibility index (Phi) is 4.31. The van der Waals surface area contributed by atoms with Crippen LogP contribution in [0.25, 0.3) is 0 Å². The number of thioether (sulfide) groups is 1. The van der Waals surface area contributed by atoms with Crippen LogP contribution in [0.4, 0.5) is 0 Å². The standard InChI is InChI=1S/C13H16O3S/c14-13(15)6-2-4-10-3-1-5-11(7-10)16-12-8-17-9-12/h1,3,5,7,12H,2,4,6,8-9H2,(H,14,15). The highest BCUT2D eigenvalue weighted by molar-refractivity contribution is 8.00. The molecule has 3 nitrogen and oxygen atoms in total. The van der Waals surface area contributed by atoms with Gasteiger partial charge in [-0.1, -0.05) is 12.1 Å². The van der Waals surface area contributed by atoms with Crippen molar-refractivity contribution in [2.75, 3.05) is 11.5 Å². The number of carboxylic acids is 1. The number of carbonyl (C=O) groups is 1. The average molecular weight is 252 g/mol. The van der Waals surface area contributed by atoms with E-state index in [1.54, 1.807) is 0 Å². The van der Waals surface area contributed by atoms with Gasteiger partial charge in [0.05, 0.1) is 0 Å². The van der Waals surface area contributed by atoms with E-state index in [0.29, 0.717) is 12.5 Å². The molecule has 0 radical (unpaired) electrons. The van der Waals surface area contributed by atoms with Crippen molar-refractivity contribution in [3.63, 3.8) is 0 Å². The van der Waals surface area contributed by atoms with Crippen LogP contribution in [0.15, 0.2) is 24.3 Å². The van der Waals surface area contributed by atoms with Crippen LogP contribution in [0.1, 0.15) is 18.4 Å². The van der Waals surface area contributed by atoms with E-state index in [9.17, 15) is 4.79 Å². The predicted octanol–water partition coefficient (Wildman–Crippen LogP) is 2.59. The zero-order valence-corrected chi connectivity index (χ0v) is 10.4. The van der Waals surface area contributed by atoms with Crippen LogP contribution < -0.4 is 4.74 Å². The molecule has 0 spiro atoms. The third kappa shape index (κ3) is 3.97. The summed E-state index contributed by atoms with van der Waals surface area (Å²) >= 11 is 1.90. The van der Waals surface area contributed by atoms with E-state index in [-0.39, 0.29) is 6.42 Å². The summed E-state index contributed by atoms with van der Waals surface area (Å²) in [6.45, 7) is 0.